The largest absolute Gasteiger partial charge is 0.485 e. The van der Waals surface area contributed by atoms with Gasteiger partial charge in [-0.1, -0.05) is 25.1 Å². The molecule has 6 heteroatoms. The van der Waals surface area contributed by atoms with Gasteiger partial charge in [0.25, 0.3) is 0 Å². The third kappa shape index (κ3) is 3.62. The third-order valence-electron chi connectivity index (χ3n) is 4.05. The van der Waals surface area contributed by atoms with Crippen LogP contribution in [0.2, 0.25) is 0 Å². The highest BCUT2D eigenvalue weighted by Crippen LogP contribution is 2.31. The van der Waals surface area contributed by atoms with Gasteiger partial charge in [-0.3, -0.25) is 0 Å². The Balaban J connectivity index is 1.96. The zero-order chi connectivity index (χ0) is 18.0. The maximum atomic E-state index is 12.9. The van der Waals surface area contributed by atoms with E-state index in [1.54, 1.807) is 0 Å². The van der Waals surface area contributed by atoms with Crippen LogP contribution in [0.3, 0.4) is 0 Å². The summed E-state index contributed by atoms with van der Waals surface area (Å²) in [4.78, 5) is 4.39. The van der Waals surface area contributed by atoms with Gasteiger partial charge >= 0.3 is 6.18 Å². The van der Waals surface area contributed by atoms with E-state index >= 15 is 0 Å². The first-order valence-electron chi connectivity index (χ1n) is 8.15. The second-order valence-corrected chi connectivity index (χ2v) is 5.94. The molecule has 0 fully saturated rings. The van der Waals surface area contributed by atoms with Gasteiger partial charge in [-0.2, -0.15) is 13.2 Å². The van der Waals surface area contributed by atoms with Crippen molar-refractivity contribution in [3.05, 3.63) is 59.4 Å². The Morgan fingerprint density at radius 1 is 1.12 bits per heavy atom. The number of nitrogens with zero attached hydrogens (tertiary/aromatic N) is 2. The lowest BCUT2D eigenvalue weighted by Crippen LogP contribution is -2.07. The van der Waals surface area contributed by atoms with Gasteiger partial charge in [0.05, 0.1) is 16.6 Å². The quantitative estimate of drug-likeness (QED) is 0.621. The monoisotopic (exact) mass is 348 g/mol. The van der Waals surface area contributed by atoms with Gasteiger partial charge in [-0.05, 0) is 43.2 Å². The molecule has 1 aromatic heterocycles. The fraction of sp³-hybridized carbons (Fsp3) is 0.316. The second kappa shape index (κ2) is 6.78. The van der Waals surface area contributed by atoms with E-state index in [-0.39, 0.29) is 6.61 Å². The molecule has 0 saturated heterocycles. The molecule has 0 atom stereocenters. The van der Waals surface area contributed by atoms with Gasteiger partial charge in [0.15, 0.2) is 0 Å². The van der Waals surface area contributed by atoms with E-state index < -0.39 is 11.7 Å². The summed E-state index contributed by atoms with van der Waals surface area (Å²) in [6.45, 7) is 4.84. The first kappa shape index (κ1) is 17.3. The van der Waals surface area contributed by atoms with Crippen molar-refractivity contribution in [1.82, 2.24) is 9.55 Å². The molecule has 0 amide bonds. The molecule has 132 valence electrons. The lowest BCUT2D eigenvalue weighted by Gasteiger charge is -2.11. The average Bonchev–Trinajstić information content (AvgIpc) is 2.91. The average molecular weight is 348 g/mol. The summed E-state index contributed by atoms with van der Waals surface area (Å²) < 4.78 is 46.5. The van der Waals surface area contributed by atoms with Crippen molar-refractivity contribution in [3.8, 4) is 5.75 Å². The standard InChI is InChI=1S/C19H19F3N2O/c1-3-10-24-16-9-8-14(19(20,21)22)11-15(16)23-18(24)12-25-17-7-5-4-6-13(17)2/h4-9,11H,3,10,12H2,1-2H3. The Morgan fingerprint density at radius 3 is 2.56 bits per heavy atom. The highest BCUT2D eigenvalue weighted by atomic mass is 19.4. The number of imidazole rings is 1. The summed E-state index contributed by atoms with van der Waals surface area (Å²) >= 11 is 0. The molecular formula is C19H19F3N2O. The lowest BCUT2D eigenvalue weighted by molar-refractivity contribution is -0.137. The van der Waals surface area contributed by atoms with Gasteiger partial charge in [0.2, 0.25) is 0 Å². The number of aryl methyl sites for hydroxylation is 2. The Kier molecular flexibility index (Phi) is 4.70. The molecule has 0 radical (unpaired) electrons. The molecule has 2 aromatic carbocycles. The van der Waals surface area contributed by atoms with E-state index in [4.69, 9.17) is 4.74 Å². The van der Waals surface area contributed by atoms with Crippen molar-refractivity contribution in [2.75, 3.05) is 0 Å². The summed E-state index contributed by atoms with van der Waals surface area (Å²) in [6.07, 6.45) is -3.52. The maximum absolute atomic E-state index is 12.9. The fourth-order valence-electron chi connectivity index (χ4n) is 2.80. The van der Waals surface area contributed by atoms with E-state index in [1.165, 1.54) is 6.07 Å². The van der Waals surface area contributed by atoms with Crippen LogP contribution in [0.15, 0.2) is 42.5 Å². The lowest BCUT2D eigenvalue weighted by atomic mass is 10.2. The van der Waals surface area contributed by atoms with Crippen molar-refractivity contribution in [1.29, 1.82) is 0 Å². The van der Waals surface area contributed by atoms with Crippen LogP contribution in [-0.2, 0) is 19.3 Å². The molecule has 0 bridgehead atoms. The second-order valence-electron chi connectivity index (χ2n) is 5.94. The summed E-state index contributed by atoms with van der Waals surface area (Å²) in [6, 6.07) is 11.3. The van der Waals surface area contributed by atoms with Crippen LogP contribution in [-0.4, -0.2) is 9.55 Å². The van der Waals surface area contributed by atoms with Gasteiger partial charge in [0, 0.05) is 6.54 Å². The Labute approximate surface area is 144 Å². The zero-order valence-corrected chi connectivity index (χ0v) is 14.1. The minimum absolute atomic E-state index is 0.209. The number of halogens is 3. The third-order valence-corrected chi connectivity index (χ3v) is 4.05. The van der Waals surface area contributed by atoms with Gasteiger partial charge in [0.1, 0.15) is 18.2 Å². The van der Waals surface area contributed by atoms with E-state index in [2.05, 4.69) is 4.98 Å². The van der Waals surface area contributed by atoms with E-state index in [0.29, 0.717) is 23.4 Å². The van der Waals surface area contributed by atoms with Crippen molar-refractivity contribution in [2.45, 2.75) is 39.6 Å². The SMILES string of the molecule is CCCn1c(COc2ccccc2C)nc2cc(C(F)(F)F)ccc21. The molecular weight excluding hydrogens is 329 g/mol. The first-order chi connectivity index (χ1) is 11.9. The number of hydrogen-bond acceptors (Lipinski definition) is 2. The van der Waals surface area contributed by atoms with E-state index in [0.717, 1.165) is 29.9 Å². The molecule has 0 aliphatic carbocycles. The number of benzene rings is 2. The molecule has 3 rings (SSSR count). The first-order valence-corrected chi connectivity index (χ1v) is 8.15. The van der Waals surface area contributed by atoms with Crippen LogP contribution in [0.5, 0.6) is 5.75 Å². The fourth-order valence-corrected chi connectivity index (χ4v) is 2.80. The van der Waals surface area contributed by atoms with Gasteiger partial charge in [-0.25, -0.2) is 4.98 Å². The van der Waals surface area contributed by atoms with Crippen LogP contribution >= 0.6 is 0 Å². The highest BCUT2D eigenvalue weighted by Gasteiger charge is 2.31. The summed E-state index contributed by atoms with van der Waals surface area (Å²) in [5.74, 6) is 1.37. The van der Waals surface area contributed by atoms with Crippen LogP contribution in [0, 0.1) is 6.92 Å². The number of hydrogen-bond donors (Lipinski definition) is 0. The predicted molar refractivity (Wildman–Crippen MR) is 90.5 cm³/mol. The minimum atomic E-state index is -4.37. The number of aromatic nitrogens is 2. The van der Waals surface area contributed by atoms with Crippen molar-refractivity contribution in [2.24, 2.45) is 0 Å². The molecule has 3 nitrogen and oxygen atoms in total. The number of para-hydroxylation sites is 1. The maximum Gasteiger partial charge on any atom is 0.416 e. The van der Waals surface area contributed by atoms with Crippen LogP contribution in [0.1, 0.15) is 30.3 Å². The number of alkyl halides is 3. The number of ether oxygens (including phenoxy) is 1. The zero-order valence-electron chi connectivity index (χ0n) is 14.1. The highest BCUT2D eigenvalue weighted by molar-refractivity contribution is 5.77. The predicted octanol–water partition coefficient (Wildman–Crippen LogP) is 5.35. The topological polar surface area (TPSA) is 27.1 Å². The van der Waals surface area contributed by atoms with E-state index in [9.17, 15) is 13.2 Å². The van der Waals surface area contributed by atoms with Gasteiger partial charge < -0.3 is 9.30 Å². The summed E-state index contributed by atoms with van der Waals surface area (Å²) in [5.41, 5.74) is 1.34. The number of rotatable bonds is 5. The minimum Gasteiger partial charge on any atom is -0.485 e. The summed E-state index contributed by atoms with van der Waals surface area (Å²) in [7, 11) is 0. The molecule has 0 saturated carbocycles. The smallest absolute Gasteiger partial charge is 0.416 e. The van der Waals surface area contributed by atoms with Gasteiger partial charge in [-0.15, -0.1) is 0 Å². The molecule has 0 aliphatic heterocycles. The normalized spacial score (nSPS) is 11.9. The molecule has 0 unspecified atom stereocenters. The molecule has 0 N–H and O–H groups in total. The van der Waals surface area contributed by atoms with Crippen molar-refractivity contribution in [3.63, 3.8) is 0 Å². The van der Waals surface area contributed by atoms with Crippen molar-refractivity contribution < 1.29 is 17.9 Å². The van der Waals surface area contributed by atoms with Crippen molar-refractivity contribution >= 4 is 11.0 Å². The van der Waals surface area contributed by atoms with Crippen LogP contribution in [0.25, 0.3) is 11.0 Å². The van der Waals surface area contributed by atoms with Crippen LogP contribution in [0.4, 0.5) is 13.2 Å². The molecule has 0 aliphatic rings. The van der Waals surface area contributed by atoms with E-state index in [1.807, 2.05) is 42.7 Å². The Morgan fingerprint density at radius 2 is 1.88 bits per heavy atom. The Bertz CT molecular complexity index is 884. The summed E-state index contributed by atoms with van der Waals surface area (Å²) in [5, 5.41) is 0. The number of fused-ring (bicyclic) bond motifs is 1. The molecule has 0 spiro atoms. The molecule has 3 aromatic rings. The van der Waals surface area contributed by atoms with Crippen LogP contribution < -0.4 is 4.74 Å². The Hall–Kier alpha value is -2.50. The molecule has 1 heterocycles. The molecule has 25 heavy (non-hydrogen) atoms.